The molecule has 3 atom stereocenters. The number of aliphatic hydroxyl groups is 1. The summed E-state index contributed by atoms with van der Waals surface area (Å²) in [5.74, 6) is 0.780. The van der Waals surface area contributed by atoms with E-state index in [0.717, 1.165) is 12.3 Å². The zero-order valence-electron chi connectivity index (χ0n) is 8.30. The van der Waals surface area contributed by atoms with Gasteiger partial charge in [0.2, 0.25) is 0 Å². The van der Waals surface area contributed by atoms with Crippen molar-refractivity contribution < 1.29 is 5.11 Å². The molecule has 0 aromatic rings. The van der Waals surface area contributed by atoms with E-state index in [1.54, 1.807) is 0 Å². The third-order valence-corrected chi connectivity index (χ3v) is 4.75. The minimum absolute atomic E-state index is 0. The van der Waals surface area contributed by atoms with Crippen molar-refractivity contribution in [1.82, 2.24) is 0 Å². The van der Waals surface area contributed by atoms with E-state index in [1.165, 1.54) is 12.8 Å². The molecule has 2 heteroatoms. The number of rotatable bonds is 0. The molecule has 3 unspecified atom stereocenters. The van der Waals surface area contributed by atoms with Gasteiger partial charge < -0.3 is 5.11 Å². The quantitative estimate of drug-likeness (QED) is 0.565. The molecular weight excluding hydrogens is 163 g/mol. The van der Waals surface area contributed by atoms with Gasteiger partial charge >= 0.3 is 17.4 Å². The van der Waals surface area contributed by atoms with Gasteiger partial charge in [-0.15, -0.1) is 0 Å². The van der Waals surface area contributed by atoms with Crippen LogP contribution in [0.15, 0.2) is 0 Å². The first-order valence-corrected chi connectivity index (χ1v) is 4.66. The second-order valence-electron chi connectivity index (χ2n) is 5.13. The second-order valence-corrected chi connectivity index (χ2v) is 5.13. The summed E-state index contributed by atoms with van der Waals surface area (Å²) in [6.45, 7) is 6.90. The molecule has 2 saturated carbocycles. The number of hydrogen-bond acceptors (Lipinski definition) is 1. The third kappa shape index (κ3) is 0.953. The van der Waals surface area contributed by atoms with E-state index in [1.807, 2.05) is 0 Å². The summed E-state index contributed by atoms with van der Waals surface area (Å²) in [6.07, 6.45) is 3.58. The van der Waals surface area contributed by atoms with Crippen molar-refractivity contribution in [2.45, 2.75) is 46.1 Å². The molecule has 2 aliphatic rings. The van der Waals surface area contributed by atoms with Gasteiger partial charge in [0.1, 0.15) is 0 Å². The van der Waals surface area contributed by atoms with Crippen LogP contribution in [0.1, 0.15) is 40.0 Å². The molecule has 1 N–H and O–H groups in total. The maximum Gasteiger partial charge on any atom is 3.00 e. The van der Waals surface area contributed by atoms with Crippen LogP contribution < -0.4 is 0 Å². The summed E-state index contributed by atoms with van der Waals surface area (Å²) in [5.41, 5.74) is 0.601. The van der Waals surface area contributed by atoms with Crippen LogP contribution in [-0.4, -0.2) is 28.6 Å². The van der Waals surface area contributed by atoms with Gasteiger partial charge in [-0.2, -0.15) is 0 Å². The van der Waals surface area contributed by atoms with Gasteiger partial charge in [-0.05, 0) is 36.0 Å². The van der Waals surface area contributed by atoms with Crippen LogP contribution in [0.2, 0.25) is 0 Å². The van der Waals surface area contributed by atoms with E-state index >= 15 is 0 Å². The van der Waals surface area contributed by atoms with Crippen LogP contribution in [0, 0.1) is 16.7 Å². The summed E-state index contributed by atoms with van der Waals surface area (Å²) in [4.78, 5) is 0. The van der Waals surface area contributed by atoms with Crippen LogP contribution in [0.3, 0.4) is 0 Å². The first kappa shape index (κ1) is 10.6. The molecule has 1 nitrogen and oxygen atoms in total. The molecule has 0 aliphatic heterocycles. The van der Waals surface area contributed by atoms with Crippen molar-refractivity contribution in [1.29, 1.82) is 0 Å². The Morgan fingerprint density at radius 3 is 2.00 bits per heavy atom. The van der Waals surface area contributed by atoms with Crippen molar-refractivity contribution in [3.63, 3.8) is 0 Å². The van der Waals surface area contributed by atoms with Crippen LogP contribution in [0.4, 0.5) is 0 Å². The molecule has 64 valence electrons. The average Bonchev–Trinajstić information content (AvgIpc) is 2.20. The fourth-order valence-corrected chi connectivity index (χ4v) is 3.16. The Morgan fingerprint density at radius 2 is 1.83 bits per heavy atom. The molecule has 0 spiro atoms. The van der Waals surface area contributed by atoms with Crippen LogP contribution in [-0.2, 0) is 0 Å². The topological polar surface area (TPSA) is 20.2 Å². The average molecular weight is 181 g/mol. The van der Waals surface area contributed by atoms with Crippen molar-refractivity contribution in [2.75, 3.05) is 0 Å². The summed E-state index contributed by atoms with van der Waals surface area (Å²) in [7, 11) is 0. The number of aliphatic hydroxyl groups excluding tert-OH is 1. The smallest absolute Gasteiger partial charge is 0.393 e. The summed E-state index contributed by atoms with van der Waals surface area (Å²) in [6, 6.07) is 0. The maximum atomic E-state index is 9.81. The fourth-order valence-electron chi connectivity index (χ4n) is 3.16. The molecular formula is C10H18AlO+3. The zero-order chi connectivity index (χ0) is 8.28. The fraction of sp³-hybridized carbons (Fsp3) is 1.00. The van der Waals surface area contributed by atoms with Crippen molar-refractivity contribution in [3.8, 4) is 0 Å². The van der Waals surface area contributed by atoms with Crippen molar-refractivity contribution in [3.05, 3.63) is 0 Å². The molecule has 2 fully saturated rings. The van der Waals surface area contributed by atoms with E-state index < -0.39 is 0 Å². The second kappa shape index (κ2) is 2.74. The van der Waals surface area contributed by atoms with Gasteiger partial charge in [-0.3, -0.25) is 0 Å². The van der Waals surface area contributed by atoms with Gasteiger partial charge in [0.05, 0.1) is 6.10 Å². The van der Waals surface area contributed by atoms with E-state index in [4.69, 9.17) is 0 Å². The van der Waals surface area contributed by atoms with E-state index in [0.29, 0.717) is 5.41 Å². The normalized spacial score (nSPS) is 49.0. The molecule has 0 amide bonds. The molecule has 0 saturated heterocycles. The van der Waals surface area contributed by atoms with Crippen LogP contribution >= 0.6 is 0 Å². The van der Waals surface area contributed by atoms with Crippen molar-refractivity contribution >= 4 is 17.4 Å². The van der Waals surface area contributed by atoms with Gasteiger partial charge in [0.15, 0.2) is 0 Å². The first-order chi connectivity index (χ1) is 4.98. The Balaban J connectivity index is 0.000000720. The predicted molar refractivity (Wildman–Crippen MR) is 51.0 cm³/mol. The van der Waals surface area contributed by atoms with E-state index in [2.05, 4.69) is 20.8 Å². The number of fused-ring (bicyclic) bond motifs is 2. The van der Waals surface area contributed by atoms with E-state index in [-0.39, 0.29) is 28.9 Å². The first-order valence-electron chi connectivity index (χ1n) is 4.66. The molecule has 2 bridgehead atoms. The molecule has 0 heterocycles. The molecule has 2 aliphatic carbocycles. The summed E-state index contributed by atoms with van der Waals surface area (Å²) in [5, 5.41) is 9.81. The molecule has 2 rings (SSSR count). The minimum Gasteiger partial charge on any atom is -0.393 e. The Morgan fingerprint density at radius 1 is 1.25 bits per heavy atom. The van der Waals surface area contributed by atoms with Gasteiger partial charge in [0.25, 0.3) is 0 Å². The molecule has 12 heavy (non-hydrogen) atoms. The number of hydrogen-bond donors (Lipinski definition) is 1. The molecule has 0 aromatic heterocycles. The minimum atomic E-state index is -0.0313. The Kier molecular flexibility index (Phi) is 2.41. The SMILES string of the molecule is CC1(C)C2CCC1(C)C(O)C2.[Al+3]. The Labute approximate surface area is 85.7 Å². The maximum absolute atomic E-state index is 9.81. The largest absolute Gasteiger partial charge is 3.00 e. The van der Waals surface area contributed by atoms with Crippen molar-refractivity contribution in [2.24, 2.45) is 16.7 Å². The van der Waals surface area contributed by atoms with Gasteiger partial charge in [-0.25, -0.2) is 0 Å². The third-order valence-electron chi connectivity index (χ3n) is 4.75. The Bertz CT molecular complexity index is 190. The summed E-state index contributed by atoms with van der Waals surface area (Å²) >= 11 is 0. The van der Waals surface area contributed by atoms with E-state index in [9.17, 15) is 5.11 Å². The van der Waals surface area contributed by atoms with Crippen LogP contribution in [0.25, 0.3) is 0 Å². The van der Waals surface area contributed by atoms with Gasteiger partial charge in [-0.1, -0.05) is 20.8 Å². The zero-order valence-corrected chi connectivity index (χ0v) is 9.46. The monoisotopic (exact) mass is 181 g/mol. The molecule has 0 radical (unpaired) electrons. The van der Waals surface area contributed by atoms with Crippen LogP contribution in [0.5, 0.6) is 0 Å². The predicted octanol–water partition coefficient (Wildman–Crippen LogP) is 1.81. The molecule has 0 aromatic carbocycles. The summed E-state index contributed by atoms with van der Waals surface area (Å²) < 4.78 is 0. The standard InChI is InChI=1S/C10H18O.Al/c1-9(2)7-4-5-10(9,3)8(11)6-7;/h7-8,11H,4-6H2,1-3H3;/q;+3. The Hall–Kier alpha value is 0.492. The van der Waals surface area contributed by atoms with Gasteiger partial charge in [0, 0.05) is 0 Å².